The van der Waals surface area contributed by atoms with Gasteiger partial charge < -0.3 is 16.0 Å². The molecule has 2 rings (SSSR count). The van der Waals surface area contributed by atoms with Crippen LogP contribution in [0.3, 0.4) is 0 Å². The molecule has 1 aliphatic rings. The van der Waals surface area contributed by atoms with Crippen LogP contribution in [0.4, 0.5) is 4.39 Å². The molecule has 1 fully saturated rings. The smallest absolute Gasteiger partial charge is 0.241 e. The van der Waals surface area contributed by atoms with E-state index in [4.69, 9.17) is 5.73 Å². The Morgan fingerprint density at radius 2 is 2.00 bits per heavy atom. The third-order valence-electron chi connectivity index (χ3n) is 3.58. The molecule has 0 saturated carbocycles. The number of carbonyl (C=O) groups excluding carboxylic acids is 2. The van der Waals surface area contributed by atoms with Crippen molar-refractivity contribution in [3.63, 3.8) is 0 Å². The second-order valence-corrected chi connectivity index (χ2v) is 5.30. The maximum atomic E-state index is 13.0. The number of nitrogens with two attached hydrogens (primary N) is 1. The molecule has 7 heteroatoms. The molecule has 0 radical (unpaired) electrons. The van der Waals surface area contributed by atoms with Crippen LogP contribution in [-0.2, 0) is 16.0 Å². The standard InChI is InChI=1S/C15H20FN3O2.ClH/c16-12-3-1-2-11(8-12)9-14(20)18-10-15(21)19-6-4-13(17)5-7-19;/h1-3,8,13H,4-7,9-10,17H2,(H,18,20);1H. The van der Waals surface area contributed by atoms with Crippen molar-refractivity contribution in [3.05, 3.63) is 35.6 Å². The molecular formula is C15H21ClFN3O2. The second-order valence-electron chi connectivity index (χ2n) is 5.30. The number of nitrogens with one attached hydrogen (secondary N) is 1. The van der Waals surface area contributed by atoms with Gasteiger partial charge in [-0.05, 0) is 30.5 Å². The number of amides is 2. The van der Waals surface area contributed by atoms with Crippen LogP contribution in [-0.4, -0.2) is 42.4 Å². The molecule has 1 heterocycles. The third-order valence-corrected chi connectivity index (χ3v) is 3.58. The zero-order valence-corrected chi connectivity index (χ0v) is 13.1. The maximum Gasteiger partial charge on any atom is 0.241 e. The van der Waals surface area contributed by atoms with Gasteiger partial charge in [-0.1, -0.05) is 12.1 Å². The lowest BCUT2D eigenvalue weighted by Crippen LogP contribution is -2.46. The van der Waals surface area contributed by atoms with Crippen molar-refractivity contribution in [2.45, 2.75) is 25.3 Å². The highest BCUT2D eigenvalue weighted by Gasteiger charge is 2.20. The van der Waals surface area contributed by atoms with E-state index in [0.29, 0.717) is 18.7 Å². The van der Waals surface area contributed by atoms with Crippen molar-refractivity contribution in [1.82, 2.24) is 10.2 Å². The summed E-state index contributed by atoms with van der Waals surface area (Å²) in [5.41, 5.74) is 6.37. The van der Waals surface area contributed by atoms with E-state index in [2.05, 4.69) is 5.32 Å². The highest BCUT2D eigenvalue weighted by atomic mass is 35.5. The molecule has 1 saturated heterocycles. The number of nitrogens with zero attached hydrogens (tertiary/aromatic N) is 1. The quantitative estimate of drug-likeness (QED) is 0.860. The van der Waals surface area contributed by atoms with Gasteiger partial charge >= 0.3 is 0 Å². The number of carbonyl (C=O) groups is 2. The highest BCUT2D eigenvalue weighted by molar-refractivity contribution is 5.86. The van der Waals surface area contributed by atoms with Crippen LogP contribution in [0.5, 0.6) is 0 Å². The van der Waals surface area contributed by atoms with Gasteiger partial charge in [0.25, 0.3) is 0 Å². The van der Waals surface area contributed by atoms with Gasteiger partial charge in [-0.15, -0.1) is 12.4 Å². The molecule has 2 amide bonds. The van der Waals surface area contributed by atoms with Crippen LogP contribution in [0.1, 0.15) is 18.4 Å². The van der Waals surface area contributed by atoms with Gasteiger partial charge in [-0.2, -0.15) is 0 Å². The lowest BCUT2D eigenvalue weighted by molar-refractivity contribution is -0.133. The summed E-state index contributed by atoms with van der Waals surface area (Å²) in [5, 5.41) is 2.58. The minimum absolute atomic E-state index is 0. The first-order chi connectivity index (χ1) is 10.0. The summed E-state index contributed by atoms with van der Waals surface area (Å²) in [6.45, 7) is 1.25. The topological polar surface area (TPSA) is 75.4 Å². The molecule has 1 aliphatic heterocycles. The first-order valence-corrected chi connectivity index (χ1v) is 7.09. The van der Waals surface area contributed by atoms with Crippen molar-refractivity contribution in [1.29, 1.82) is 0 Å². The van der Waals surface area contributed by atoms with Gasteiger partial charge in [0.1, 0.15) is 5.82 Å². The van der Waals surface area contributed by atoms with E-state index < -0.39 is 0 Å². The van der Waals surface area contributed by atoms with Gasteiger partial charge in [0.2, 0.25) is 11.8 Å². The summed E-state index contributed by atoms with van der Waals surface area (Å²) >= 11 is 0. The Labute approximate surface area is 135 Å². The minimum Gasteiger partial charge on any atom is -0.347 e. The van der Waals surface area contributed by atoms with Gasteiger partial charge in [-0.3, -0.25) is 9.59 Å². The summed E-state index contributed by atoms with van der Waals surface area (Å²) in [7, 11) is 0. The molecule has 5 nitrogen and oxygen atoms in total. The Bertz CT molecular complexity index is 519. The third kappa shape index (κ3) is 5.61. The Kier molecular flexibility index (Phi) is 7.27. The van der Waals surface area contributed by atoms with Gasteiger partial charge in [0.15, 0.2) is 0 Å². The molecule has 122 valence electrons. The Balaban J connectivity index is 0.00000242. The fourth-order valence-electron chi connectivity index (χ4n) is 2.33. The fraction of sp³-hybridized carbons (Fsp3) is 0.467. The normalized spacial score (nSPS) is 15.1. The Morgan fingerprint density at radius 3 is 2.64 bits per heavy atom. The number of halogens is 2. The molecule has 0 aromatic heterocycles. The summed E-state index contributed by atoms with van der Waals surface area (Å²) in [4.78, 5) is 25.4. The predicted molar refractivity (Wildman–Crippen MR) is 84.2 cm³/mol. The van der Waals surface area contributed by atoms with Crippen LogP contribution in [0.15, 0.2) is 24.3 Å². The molecule has 0 unspecified atom stereocenters. The van der Waals surface area contributed by atoms with E-state index in [1.807, 2.05) is 0 Å². The van der Waals surface area contributed by atoms with Crippen molar-refractivity contribution in [2.24, 2.45) is 5.73 Å². The van der Waals surface area contributed by atoms with Crippen LogP contribution in [0, 0.1) is 5.82 Å². The lowest BCUT2D eigenvalue weighted by Gasteiger charge is -2.30. The molecule has 3 N–H and O–H groups in total. The van der Waals surface area contributed by atoms with Gasteiger partial charge in [0.05, 0.1) is 13.0 Å². The van der Waals surface area contributed by atoms with E-state index in [-0.39, 0.29) is 49.0 Å². The largest absolute Gasteiger partial charge is 0.347 e. The summed E-state index contributed by atoms with van der Waals surface area (Å²) < 4.78 is 13.0. The van der Waals surface area contributed by atoms with E-state index in [9.17, 15) is 14.0 Å². The van der Waals surface area contributed by atoms with Crippen LogP contribution >= 0.6 is 12.4 Å². The molecule has 1 aromatic carbocycles. The number of benzene rings is 1. The average molecular weight is 330 g/mol. The SMILES string of the molecule is Cl.NC1CCN(C(=O)CNC(=O)Cc2cccc(F)c2)CC1. The summed E-state index contributed by atoms with van der Waals surface area (Å²) in [5.74, 6) is -0.766. The van der Waals surface area contributed by atoms with E-state index in [0.717, 1.165) is 12.8 Å². The van der Waals surface area contributed by atoms with Crippen molar-refractivity contribution in [3.8, 4) is 0 Å². The predicted octanol–water partition coefficient (Wildman–Crippen LogP) is 0.856. The average Bonchev–Trinajstić information content (AvgIpc) is 2.45. The Morgan fingerprint density at radius 1 is 1.32 bits per heavy atom. The zero-order chi connectivity index (χ0) is 15.2. The first-order valence-electron chi connectivity index (χ1n) is 7.09. The van der Waals surface area contributed by atoms with Crippen molar-refractivity contribution >= 4 is 24.2 Å². The number of rotatable bonds is 4. The van der Waals surface area contributed by atoms with E-state index in [1.165, 1.54) is 12.1 Å². The first kappa shape index (κ1) is 18.4. The summed E-state index contributed by atoms with van der Waals surface area (Å²) in [6.07, 6.45) is 1.65. The molecule has 1 aromatic rings. The highest BCUT2D eigenvalue weighted by Crippen LogP contribution is 2.08. The molecule has 0 bridgehead atoms. The number of hydrogen-bond acceptors (Lipinski definition) is 3. The molecule has 22 heavy (non-hydrogen) atoms. The molecule has 0 aliphatic carbocycles. The minimum atomic E-state index is -0.374. The van der Waals surface area contributed by atoms with E-state index >= 15 is 0 Å². The fourth-order valence-corrected chi connectivity index (χ4v) is 2.33. The lowest BCUT2D eigenvalue weighted by atomic mass is 10.1. The number of likely N-dealkylation sites (tertiary alicyclic amines) is 1. The van der Waals surface area contributed by atoms with Gasteiger partial charge in [0, 0.05) is 19.1 Å². The Hall–Kier alpha value is -1.66. The second kappa shape index (κ2) is 8.70. The monoisotopic (exact) mass is 329 g/mol. The number of piperidine rings is 1. The number of hydrogen-bond donors (Lipinski definition) is 2. The van der Waals surface area contributed by atoms with Crippen molar-refractivity contribution in [2.75, 3.05) is 19.6 Å². The molecule has 0 spiro atoms. The van der Waals surface area contributed by atoms with Crippen LogP contribution in [0.25, 0.3) is 0 Å². The molecule has 0 atom stereocenters. The maximum absolute atomic E-state index is 13.0. The van der Waals surface area contributed by atoms with Crippen molar-refractivity contribution < 1.29 is 14.0 Å². The zero-order valence-electron chi connectivity index (χ0n) is 12.3. The van der Waals surface area contributed by atoms with Gasteiger partial charge in [-0.25, -0.2) is 4.39 Å². The van der Waals surface area contributed by atoms with Crippen LogP contribution in [0.2, 0.25) is 0 Å². The van der Waals surface area contributed by atoms with Crippen LogP contribution < -0.4 is 11.1 Å². The molecular weight excluding hydrogens is 309 g/mol. The van der Waals surface area contributed by atoms with E-state index in [1.54, 1.807) is 17.0 Å². The summed E-state index contributed by atoms with van der Waals surface area (Å²) in [6, 6.07) is 6.03.